The quantitative estimate of drug-likeness (QED) is 0.599. The van der Waals surface area contributed by atoms with Crippen molar-refractivity contribution >= 4 is 17.6 Å². The number of hydrogen-bond acceptors (Lipinski definition) is 0. The summed E-state index contributed by atoms with van der Waals surface area (Å²) in [5.41, 5.74) is 1.11. The van der Waals surface area contributed by atoms with Gasteiger partial charge in [-0.25, -0.2) is 0 Å². The molecule has 0 aliphatic heterocycles. The second kappa shape index (κ2) is 4.42. The van der Waals surface area contributed by atoms with Gasteiger partial charge in [0.05, 0.1) is 8.80 Å². The molecule has 1 atom stereocenters. The lowest BCUT2D eigenvalue weighted by molar-refractivity contribution is 0.703. The molecule has 0 fully saturated rings. The Morgan fingerprint density at radius 3 is 2.25 bits per heavy atom. The van der Waals surface area contributed by atoms with Gasteiger partial charge in [0.1, 0.15) is 0 Å². The summed E-state index contributed by atoms with van der Waals surface area (Å²) >= 11 is 0. The van der Waals surface area contributed by atoms with Gasteiger partial charge in [-0.1, -0.05) is 37.5 Å². The van der Waals surface area contributed by atoms with E-state index in [1.807, 2.05) is 5.20 Å². The predicted molar refractivity (Wildman–Crippen MR) is 63.4 cm³/mol. The van der Waals surface area contributed by atoms with Crippen LogP contribution in [0.25, 0.3) is 0 Å². The van der Waals surface area contributed by atoms with Crippen molar-refractivity contribution in [3.8, 4) is 0 Å². The van der Waals surface area contributed by atoms with Crippen molar-refractivity contribution in [3.05, 3.63) is 11.3 Å². The maximum Gasteiger partial charge on any atom is 0.0591 e. The Balaban J connectivity index is 2.47. The highest BCUT2D eigenvalue weighted by Crippen LogP contribution is 2.31. The summed E-state index contributed by atoms with van der Waals surface area (Å²) in [5.74, 6) is 0. The van der Waals surface area contributed by atoms with Crippen LogP contribution in [0.1, 0.15) is 19.3 Å². The van der Waals surface area contributed by atoms with E-state index in [1.54, 1.807) is 0 Å². The zero-order chi connectivity index (χ0) is 9.14. The molecule has 2 heteroatoms. The molecule has 0 radical (unpaired) electrons. The molecule has 12 heavy (non-hydrogen) atoms. The van der Waals surface area contributed by atoms with Crippen LogP contribution in [-0.2, 0) is 0 Å². The monoisotopic (exact) mass is 198 g/mol. The smallest absolute Gasteiger partial charge is 0.0591 e. The molecule has 1 aliphatic carbocycles. The maximum atomic E-state index is 2.58. The van der Waals surface area contributed by atoms with Gasteiger partial charge in [0.2, 0.25) is 0 Å². The molecule has 0 aromatic rings. The Morgan fingerprint density at radius 1 is 1.25 bits per heavy atom. The van der Waals surface area contributed by atoms with Gasteiger partial charge in [0.25, 0.3) is 0 Å². The first-order valence-corrected chi connectivity index (χ1v) is 11.2. The minimum absolute atomic E-state index is 0.340. The number of hydrogen-bond donors (Lipinski definition) is 0. The van der Waals surface area contributed by atoms with Crippen molar-refractivity contribution in [2.45, 2.75) is 51.0 Å². The van der Waals surface area contributed by atoms with Gasteiger partial charge in [-0.15, -0.1) is 0 Å². The minimum Gasteiger partial charge on any atom is -0.0895 e. The average molecular weight is 198 g/mol. The number of allylic oxidation sites excluding steroid dienone is 2. The van der Waals surface area contributed by atoms with Crippen LogP contribution in [0.5, 0.6) is 0 Å². The first kappa shape index (κ1) is 10.3. The highest BCUT2D eigenvalue weighted by atomic mass is 28.3. The van der Waals surface area contributed by atoms with Gasteiger partial charge in [0, 0.05) is 8.80 Å². The molecular weight excluding hydrogens is 176 g/mol. The van der Waals surface area contributed by atoms with Crippen molar-refractivity contribution in [2.24, 2.45) is 0 Å². The van der Waals surface area contributed by atoms with Gasteiger partial charge in [-0.3, -0.25) is 0 Å². The zero-order valence-electron chi connectivity index (χ0n) is 8.93. The van der Waals surface area contributed by atoms with Crippen LogP contribution in [0, 0.1) is 0 Å². The van der Waals surface area contributed by atoms with Crippen LogP contribution in [-0.4, -0.2) is 17.6 Å². The molecule has 70 valence electrons. The Labute approximate surface area is 80.3 Å². The molecular formula is C10H22Si2. The van der Waals surface area contributed by atoms with Crippen molar-refractivity contribution in [3.63, 3.8) is 0 Å². The van der Waals surface area contributed by atoms with Crippen LogP contribution >= 0.6 is 0 Å². The van der Waals surface area contributed by atoms with Crippen molar-refractivity contribution in [2.75, 3.05) is 0 Å². The summed E-state index contributed by atoms with van der Waals surface area (Å²) in [6.45, 7) is 9.91. The van der Waals surface area contributed by atoms with Crippen molar-refractivity contribution in [1.29, 1.82) is 0 Å². The van der Waals surface area contributed by atoms with E-state index < -0.39 is 8.80 Å². The summed E-state index contributed by atoms with van der Waals surface area (Å²) in [4.78, 5) is 0. The highest BCUT2D eigenvalue weighted by molar-refractivity contribution is 6.64. The largest absolute Gasteiger partial charge is 0.0895 e. The van der Waals surface area contributed by atoms with Gasteiger partial charge < -0.3 is 0 Å². The Kier molecular flexibility index (Phi) is 3.78. The lowest BCUT2D eigenvalue weighted by atomic mass is 10.1. The average Bonchev–Trinajstić information content (AvgIpc) is 2.04. The second-order valence-corrected chi connectivity index (χ2v) is 11.2. The van der Waals surface area contributed by atoms with E-state index in [4.69, 9.17) is 0 Å². The van der Waals surface area contributed by atoms with Crippen LogP contribution in [0.3, 0.4) is 0 Å². The molecule has 1 unspecified atom stereocenters. The highest BCUT2D eigenvalue weighted by Gasteiger charge is 2.19. The third-order valence-electron chi connectivity index (χ3n) is 3.17. The van der Waals surface area contributed by atoms with E-state index >= 15 is 0 Å². The van der Waals surface area contributed by atoms with Crippen LogP contribution in [0.2, 0.25) is 31.7 Å². The Hall–Kier alpha value is 0.174. The molecule has 0 saturated carbocycles. The lowest BCUT2D eigenvalue weighted by Crippen LogP contribution is -2.18. The summed E-state index contributed by atoms with van der Waals surface area (Å²) in [5, 5.41) is 1.85. The Morgan fingerprint density at radius 2 is 1.92 bits per heavy atom. The summed E-state index contributed by atoms with van der Waals surface area (Å²) in [7, 11) is -0.774. The molecule has 0 amide bonds. The molecule has 1 aliphatic rings. The third kappa shape index (κ3) is 2.59. The molecule has 0 aromatic heterocycles. The van der Waals surface area contributed by atoms with E-state index in [-0.39, 0.29) is 8.80 Å². The maximum absolute atomic E-state index is 2.58. The van der Waals surface area contributed by atoms with Crippen molar-refractivity contribution in [1.82, 2.24) is 0 Å². The van der Waals surface area contributed by atoms with Crippen LogP contribution < -0.4 is 0 Å². The molecule has 0 heterocycles. The van der Waals surface area contributed by atoms with Gasteiger partial charge >= 0.3 is 0 Å². The lowest BCUT2D eigenvalue weighted by Gasteiger charge is -2.25. The van der Waals surface area contributed by atoms with E-state index in [2.05, 4.69) is 32.3 Å². The van der Waals surface area contributed by atoms with Crippen LogP contribution in [0.4, 0.5) is 0 Å². The van der Waals surface area contributed by atoms with Gasteiger partial charge in [0.15, 0.2) is 0 Å². The molecule has 0 bridgehead atoms. The second-order valence-electron chi connectivity index (χ2n) is 4.71. The first-order chi connectivity index (χ1) is 5.61. The van der Waals surface area contributed by atoms with E-state index in [9.17, 15) is 0 Å². The SMILES string of the molecule is C[SiH](C)C1=CCC([SiH](C)C)CC1. The van der Waals surface area contributed by atoms with Gasteiger partial charge in [-0.05, 0) is 24.8 Å². The molecule has 0 aromatic carbocycles. The van der Waals surface area contributed by atoms with E-state index in [1.165, 1.54) is 19.3 Å². The fourth-order valence-electron chi connectivity index (χ4n) is 2.00. The van der Waals surface area contributed by atoms with Gasteiger partial charge in [-0.2, -0.15) is 0 Å². The molecule has 0 spiro atoms. The van der Waals surface area contributed by atoms with E-state index in [0.29, 0.717) is 0 Å². The fraction of sp³-hybridized carbons (Fsp3) is 0.800. The predicted octanol–water partition coefficient (Wildman–Crippen LogP) is 2.98. The first-order valence-electron chi connectivity index (χ1n) is 5.30. The molecule has 0 nitrogen and oxygen atoms in total. The molecule has 0 saturated heterocycles. The van der Waals surface area contributed by atoms with Crippen molar-refractivity contribution < 1.29 is 0 Å². The summed E-state index contributed by atoms with van der Waals surface area (Å²) < 4.78 is 0. The normalized spacial score (nSPS) is 24.8. The molecule has 1 rings (SSSR count). The topological polar surface area (TPSA) is 0 Å². The Bertz CT molecular complexity index is 171. The fourth-order valence-corrected chi connectivity index (χ4v) is 4.87. The number of rotatable bonds is 2. The third-order valence-corrected chi connectivity index (χ3v) is 7.67. The van der Waals surface area contributed by atoms with Crippen LogP contribution in [0.15, 0.2) is 11.3 Å². The molecule has 0 N–H and O–H groups in total. The summed E-state index contributed by atoms with van der Waals surface area (Å²) in [6.07, 6.45) is 6.96. The zero-order valence-corrected chi connectivity index (χ0v) is 11.2. The van der Waals surface area contributed by atoms with E-state index in [0.717, 1.165) is 5.54 Å². The standard InChI is InChI=1S/C10H22Si2/c1-11(2)9-5-7-10(8-6-9)12(3)4/h5,10-12H,6-8H2,1-4H3. The summed E-state index contributed by atoms with van der Waals surface area (Å²) in [6, 6.07) is 0. The minimum atomic E-state index is -0.434.